The zero-order valence-electron chi connectivity index (χ0n) is 15.3. The third-order valence-electron chi connectivity index (χ3n) is 3.75. The van der Waals surface area contributed by atoms with E-state index >= 15 is 0 Å². The minimum Gasteiger partial charge on any atom is -0.365 e. The van der Waals surface area contributed by atoms with E-state index in [9.17, 15) is 8.42 Å². The van der Waals surface area contributed by atoms with Crippen molar-refractivity contribution in [3.63, 3.8) is 0 Å². The van der Waals surface area contributed by atoms with Gasteiger partial charge in [0.1, 0.15) is 12.1 Å². The van der Waals surface area contributed by atoms with E-state index in [4.69, 9.17) is 0 Å². The van der Waals surface area contributed by atoms with Crippen molar-refractivity contribution in [1.82, 2.24) is 14.7 Å². The number of halogens is 1. The molecule has 0 radical (unpaired) electrons. The minimum atomic E-state index is -3.63. The topological polar surface area (TPSA) is 84.0 Å². The monoisotopic (exact) mass is 448 g/mol. The number of sulfonamides is 1. The number of aromatic nitrogens is 2. The maximum atomic E-state index is 12.8. The first kappa shape index (κ1) is 19.7. The quantitative estimate of drug-likeness (QED) is 0.613. The van der Waals surface area contributed by atoms with E-state index in [1.54, 1.807) is 18.2 Å². The van der Waals surface area contributed by atoms with Gasteiger partial charge in [-0.05, 0) is 50.6 Å². The van der Waals surface area contributed by atoms with Crippen LogP contribution in [-0.2, 0) is 16.6 Å². The van der Waals surface area contributed by atoms with E-state index in [2.05, 4.69) is 35.9 Å². The summed E-state index contributed by atoms with van der Waals surface area (Å²) in [5, 5.41) is 4.10. The summed E-state index contributed by atoms with van der Waals surface area (Å²) < 4.78 is 29.2. The van der Waals surface area contributed by atoms with Gasteiger partial charge in [0.15, 0.2) is 0 Å². The van der Waals surface area contributed by atoms with Crippen molar-refractivity contribution in [2.75, 3.05) is 5.32 Å². The van der Waals surface area contributed by atoms with Gasteiger partial charge in [-0.1, -0.05) is 34.1 Å². The second-order valence-electron chi connectivity index (χ2n) is 7.20. The van der Waals surface area contributed by atoms with Crippen LogP contribution < -0.4 is 10.0 Å². The van der Waals surface area contributed by atoms with E-state index in [0.29, 0.717) is 17.9 Å². The first-order chi connectivity index (χ1) is 12.7. The van der Waals surface area contributed by atoms with Crippen molar-refractivity contribution in [2.45, 2.75) is 37.8 Å². The number of rotatable bonds is 5. The summed E-state index contributed by atoms with van der Waals surface area (Å²) in [6.45, 7) is 5.77. The summed E-state index contributed by atoms with van der Waals surface area (Å²) >= 11 is 3.46. The molecule has 0 fully saturated rings. The normalized spacial score (nSPS) is 12.3. The highest BCUT2D eigenvalue weighted by Crippen LogP contribution is 2.25. The molecule has 0 aliphatic carbocycles. The molecule has 0 aliphatic heterocycles. The lowest BCUT2D eigenvalue weighted by atomic mass is 10.1. The smallest absolute Gasteiger partial charge is 0.241 e. The molecular formula is C19H21BrN4O2S. The van der Waals surface area contributed by atoms with Crippen LogP contribution in [0.25, 0.3) is 10.9 Å². The molecular weight excluding hydrogens is 428 g/mol. The molecule has 0 spiro atoms. The molecule has 1 heterocycles. The fraction of sp³-hybridized carbons (Fsp3) is 0.263. The lowest BCUT2D eigenvalue weighted by Crippen LogP contribution is -2.40. The van der Waals surface area contributed by atoms with E-state index in [1.807, 2.05) is 45.0 Å². The molecule has 1 aromatic heterocycles. The van der Waals surface area contributed by atoms with Gasteiger partial charge in [0.05, 0.1) is 10.4 Å². The predicted octanol–water partition coefficient (Wildman–Crippen LogP) is 4.08. The summed E-state index contributed by atoms with van der Waals surface area (Å²) in [4.78, 5) is 8.82. The van der Waals surface area contributed by atoms with Crippen molar-refractivity contribution >= 4 is 42.7 Å². The number of benzene rings is 2. The van der Waals surface area contributed by atoms with Crippen LogP contribution in [0.2, 0.25) is 0 Å². The number of anilines is 1. The summed E-state index contributed by atoms with van der Waals surface area (Å²) in [6, 6.07) is 12.7. The summed E-state index contributed by atoms with van der Waals surface area (Å²) in [6.07, 6.45) is 1.49. The van der Waals surface area contributed by atoms with Crippen LogP contribution in [0.4, 0.5) is 5.82 Å². The fourth-order valence-corrected chi connectivity index (χ4v) is 4.74. The fourth-order valence-electron chi connectivity index (χ4n) is 2.72. The highest BCUT2D eigenvalue weighted by molar-refractivity contribution is 9.10. The zero-order chi connectivity index (χ0) is 19.7. The molecule has 2 aromatic carbocycles. The molecule has 0 saturated carbocycles. The van der Waals surface area contributed by atoms with E-state index in [0.717, 1.165) is 15.4 Å². The number of fused-ring (bicyclic) bond motifs is 1. The zero-order valence-corrected chi connectivity index (χ0v) is 17.7. The Hall–Kier alpha value is -2.03. The largest absolute Gasteiger partial charge is 0.365 e. The maximum Gasteiger partial charge on any atom is 0.241 e. The van der Waals surface area contributed by atoms with Gasteiger partial charge in [-0.2, -0.15) is 0 Å². The van der Waals surface area contributed by atoms with Crippen LogP contribution in [-0.4, -0.2) is 23.9 Å². The Balaban J connectivity index is 1.91. The van der Waals surface area contributed by atoms with Gasteiger partial charge in [0.25, 0.3) is 0 Å². The standard InChI is InChI=1S/C19H21BrN4O2S/c1-19(2,3)24-27(25,26)17-7-5-4-6-13(17)11-21-18-15-10-14(20)8-9-16(15)22-12-23-18/h4-10,12,24H,11H2,1-3H3,(H,21,22,23). The number of nitrogens with one attached hydrogen (secondary N) is 2. The van der Waals surface area contributed by atoms with Crippen molar-refractivity contribution < 1.29 is 8.42 Å². The van der Waals surface area contributed by atoms with Crippen molar-refractivity contribution in [3.05, 3.63) is 58.8 Å². The van der Waals surface area contributed by atoms with Gasteiger partial charge in [0, 0.05) is 21.9 Å². The van der Waals surface area contributed by atoms with Crippen LogP contribution in [0.15, 0.2) is 58.2 Å². The van der Waals surface area contributed by atoms with Gasteiger partial charge in [-0.15, -0.1) is 0 Å². The maximum absolute atomic E-state index is 12.8. The molecule has 27 heavy (non-hydrogen) atoms. The molecule has 2 N–H and O–H groups in total. The van der Waals surface area contributed by atoms with Crippen LogP contribution in [0.3, 0.4) is 0 Å². The second kappa shape index (κ2) is 7.53. The first-order valence-electron chi connectivity index (χ1n) is 8.42. The van der Waals surface area contributed by atoms with Gasteiger partial charge in [-0.25, -0.2) is 23.1 Å². The van der Waals surface area contributed by atoms with Crippen molar-refractivity contribution in [3.8, 4) is 0 Å². The number of hydrogen-bond donors (Lipinski definition) is 2. The molecule has 0 atom stereocenters. The molecule has 142 valence electrons. The Bertz CT molecular complexity index is 1080. The van der Waals surface area contributed by atoms with Crippen molar-refractivity contribution in [1.29, 1.82) is 0 Å². The van der Waals surface area contributed by atoms with Crippen LogP contribution in [0.5, 0.6) is 0 Å². The summed E-state index contributed by atoms with van der Waals surface area (Å²) in [5.41, 5.74) is 0.913. The lowest BCUT2D eigenvalue weighted by molar-refractivity contribution is 0.491. The number of hydrogen-bond acceptors (Lipinski definition) is 5. The average molecular weight is 449 g/mol. The Morgan fingerprint density at radius 3 is 2.56 bits per heavy atom. The third kappa shape index (κ3) is 4.82. The predicted molar refractivity (Wildman–Crippen MR) is 111 cm³/mol. The van der Waals surface area contributed by atoms with Crippen LogP contribution in [0.1, 0.15) is 26.3 Å². The molecule has 3 aromatic rings. The third-order valence-corrected chi connectivity index (χ3v) is 6.10. The van der Waals surface area contributed by atoms with Gasteiger partial charge < -0.3 is 5.32 Å². The van der Waals surface area contributed by atoms with E-state index in [-0.39, 0.29) is 4.90 Å². The average Bonchev–Trinajstić information content (AvgIpc) is 2.58. The molecule has 8 heteroatoms. The molecule has 0 aliphatic rings. The second-order valence-corrected chi connectivity index (χ2v) is 9.77. The Morgan fingerprint density at radius 2 is 1.81 bits per heavy atom. The first-order valence-corrected chi connectivity index (χ1v) is 10.7. The molecule has 0 bridgehead atoms. The molecule has 0 unspecified atom stereocenters. The lowest BCUT2D eigenvalue weighted by Gasteiger charge is -2.21. The molecule has 6 nitrogen and oxygen atoms in total. The van der Waals surface area contributed by atoms with Crippen LogP contribution >= 0.6 is 15.9 Å². The van der Waals surface area contributed by atoms with Crippen molar-refractivity contribution in [2.24, 2.45) is 0 Å². The summed E-state index contributed by atoms with van der Waals surface area (Å²) in [7, 11) is -3.63. The SMILES string of the molecule is CC(C)(C)NS(=O)(=O)c1ccccc1CNc1ncnc2ccc(Br)cc12. The van der Waals surface area contributed by atoms with E-state index < -0.39 is 15.6 Å². The Morgan fingerprint density at radius 1 is 1.07 bits per heavy atom. The molecule has 0 saturated heterocycles. The Labute approximate surface area is 167 Å². The van der Waals surface area contributed by atoms with Gasteiger partial charge in [-0.3, -0.25) is 0 Å². The highest BCUT2D eigenvalue weighted by atomic mass is 79.9. The molecule has 3 rings (SSSR count). The highest BCUT2D eigenvalue weighted by Gasteiger charge is 2.24. The molecule has 0 amide bonds. The number of nitrogens with zero attached hydrogens (tertiary/aromatic N) is 2. The summed E-state index contributed by atoms with van der Waals surface area (Å²) in [5.74, 6) is 0.650. The van der Waals surface area contributed by atoms with Gasteiger partial charge >= 0.3 is 0 Å². The Kier molecular flexibility index (Phi) is 5.50. The van der Waals surface area contributed by atoms with Gasteiger partial charge in [0.2, 0.25) is 10.0 Å². The van der Waals surface area contributed by atoms with Crippen LogP contribution in [0, 0.1) is 0 Å². The minimum absolute atomic E-state index is 0.256. The van der Waals surface area contributed by atoms with E-state index in [1.165, 1.54) is 6.33 Å².